The Morgan fingerprint density at radius 3 is 2.06 bits per heavy atom. The topological polar surface area (TPSA) is 55.1 Å². The number of carbonyl (C=O) groups excluding carboxylic acids is 1. The minimum absolute atomic E-state index is 0.0716. The summed E-state index contributed by atoms with van der Waals surface area (Å²) >= 11 is 0. The molecule has 4 aromatic carbocycles. The molecule has 1 heterocycles. The van der Waals surface area contributed by atoms with Gasteiger partial charge in [-0.1, -0.05) is 102 Å². The molecule has 0 bridgehead atoms. The third-order valence-electron chi connectivity index (χ3n) is 5.56. The molecule has 0 atom stereocenters. The molecule has 0 saturated carbocycles. The minimum atomic E-state index is -0.385. The van der Waals surface area contributed by atoms with Crippen molar-refractivity contribution in [1.29, 1.82) is 0 Å². The van der Waals surface area contributed by atoms with Crippen molar-refractivity contribution >= 4 is 16.7 Å². The van der Waals surface area contributed by atoms with Crippen molar-refractivity contribution in [3.8, 4) is 11.3 Å². The zero-order valence-corrected chi connectivity index (χ0v) is 17.4. The van der Waals surface area contributed by atoms with Crippen LogP contribution in [0, 0.1) is 0 Å². The first-order chi connectivity index (χ1) is 15.8. The van der Waals surface area contributed by atoms with E-state index < -0.39 is 0 Å². The van der Waals surface area contributed by atoms with E-state index in [1.807, 2.05) is 84.9 Å². The van der Waals surface area contributed by atoms with E-state index in [0.29, 0.717) is 18.0 Å². The number of nitrogens with one attached hydrogen (secondary N) is 1. The molecule has 1 amide bonds. The van der Waals surface area contributed by atoms with Gasteiger partial charge in [0.15, 0.2) is 5.76 Å². The predicted octanol–water partition coefficient (Wildman–Crippen LogP) is 5.94. The standard InChI is InChI=1S/C28H22N2O2/c31-28(27(21-10-3-1-4-11-21)22-12-5-2-6-13-22)29-19-25-18-26(32-30-25)24-16-15-20-9-7-8-14-23(20)17-24/h1-18,27H,19H2,(H,29,31). The smallest absolute Gasteiger partial charge is 0.232 e. The summed E-state index contributed by atoms with van der Waals surface area (Å²) in [5, 5.41) is 9.51. The molecule has 0 aliphatic rings. The number of benzene rings is 4. The average Bonchev–Trinajstić information content (AvgIpc) is 3.33. The number of nitrogens with zero attached hydrogens (tertiary/aromatic N) is 1. The molecule has 0 spiro atoms. The van der Waals surface area contributed by atoms with Crippen LogP contribution >= 0.6 is 0 Å². The highest BCUT2D eigenvalue weighted by atomic mass is 16.5. The zero-order chi connectivity index (χ0) is 21.8. The van der Waals surface area contributed by atoms with Crippen molar-refractivity contribution < 1.29 is 9.32 Å². The van der Waals surface area contributed by atoms with Crippen molar-refractivity contribution in [3.05, 3.63) is 126 Å². The van der Waals surface area contributed by atoms with Crippen LogP contribution in [0.3, 0.4) is 0 Å². The van der Waals surface area contributed by atoms with Crippen molar-refractivity contribution in [2.75, 3.05) is 0 Å². The fraction of sp³-hybridized carbons (Fsp3) is 0.0714. The molecule has 0 unspecified atom stereocenters. The molecule has 0 fully saturated rings. The van der Waals surface area contributed by atoms with Gasteiger partial charge in [-0.05, 0) is 28.0 Å². The van der Waals surface area contributed by atoms with E-state index in [4.69, 9.17) is 4.52 Å². The van der Waals surface area contributed by atoms with Crippen LogP contribution in [-0.4, -0.2) is 11.1 Å². The summed E-state index contributed by atoms with van der Waals surface area (Å²) in [6.45, 7) is 0.298. The SMILES string of the molecule is O=C(NCc1cc(-c2ccc3ccccc3c2)on1)C(c1ccccc1)c1ccccc1. The molecule has 0 aliphatic heterocycles. The number of aromatic nitrogens is 1. The molecule has 32 heavy (non-hydrogen) atoms. The molecule has 1 aromatic heterocycles. The molecule has 4 heteroatoms. The summed E-state index contributed by atoms with van der Waals surface area (Å²) in [7, 11) is 0. The van der Waals surface area contributed by atoms with Crippen LogP contribution in [0.5, 0.6) is 0 Å². The normalized spacial score (nSPS) is 11.0. The molecule has 0 saturated heterocycles. The lowest BCUT2D eigenvalue weighted by Gasteiger charge is -2.17. The molecular weight excluding hydrogens is 396 g/mol. The molecular formula is C28H22N2O2. The first-order valence-electron chi connectivity index (χ1n) is 10.6. The van der Waals surface area contributed by atoms with E-state index in [-0.39, 0.29) is 11.8 Å². The van der Waals surface area contributed by atoms with Crippen molar-refractivity contribution in [2.45, 2.75) is 12.5 Å². The molecule has 0 aliphatic carbocycles. The molecule has 5 rings (SSSR count). The monoisotopic (exact) mass is 418 g/mol. The van der Waals surface area contributed by atoms with Crippen LogP contribution in [0.25, 0.3) is 22.1 Å². The summed E-state index contributed by atoms with van der Waals surface area (Å²) < 4.78 is 5.56. The number of rotatable bonds is 6. The second kappa shape index (κ2) is 8.90. The average molecular weight is 418 g/mol. The number of amides is 1. The summed E-state index contributed by atoms with van der Waals surface area (Å²) in [4.78, 5) is 13.2. The Labute approximate surface area is 186 Å². The molecule has 4 nitrogen and oxygen atoms in total. The van der Waals surface area contributed by atoms with Gasteiger partial charge in [-0.25, -0.2) is 0 Å². The van der Waals surface area contributed by atoms with Crippen LogP contribution in [0.1, 0.15) is 22.7 Å². The first-order valence-corrected chi connectivity index (χ1v) is 10.6. The van der Waals surface area contributed by atoms with Crippen molar-refractivity contribution in [1.82, 2.24) is 10.5 Å². The van der Waals surface area contributed by atoms with Gasteiger partial charge in [0, 0.05) is 11.6 Å². The van der Waals surface area contributed by atoms with Crippen LogP contribution in [0.4, 0.5) is 0 Å². The molecule has 0 radical (unpaired) electrons. The van der Waals surface area contributed by atoms with Gasteiger partial charge in [0.25, 0.3) is 0 Å². The fourth-order valence-corrected chi connectivity index (χ4v) is 3.94. The Hall–Kier alpha value is -4.18. The lowest BCUT2D eigenvalue weighted by atomic mass is 9.90. The summed E-state index contributed by atoms with van der Waals surface area (Å²) in [5.74, 6) is 0.226. The number of fused-ring (bicyclic) bond motifs is 1. The number of carbonyl (C=O) groups is 1. The highest BCUT2D eigenvalue weighted by molar-refractivity contribution is 5.87. The van der Waals surface area contributed by atoms with E-state index in [9.17, 15) is 4.79 Å². The fourth-order valence-electron chi connectivity index (χ4n) is 3.94. The van der Waals surface area contributed by atoms with E-state index >= 15 is 0 Å². The molecule has 1 N–H and O–H groups in total. The predicted molar refractivity (Wildman–Crippen MR) is 126 cm³/mol. The van der Waals surface area contributed by atoms with Crippen LogP contribution in [0.2, 0.25) is 0 Å². The third-order valence-corrected chi connectivity index (χ3v) is 5.56. The molecule has 156 valence electrons. The summed E-state index contributed by atoms with van der Waals surface area (Å²) in [6.07, 6.45) is 0. The maximum absolute atomic E-state index is 13.2. The second-order valence-corrected chi connectivity index (χ2v) is 7.72. The quantitative estimate of drug-likeness (QED) is 0.371. The van der Waals surface area contributed by atoms with Gasteiger partial charge >= 0.3 is 0 Å². The van der Waals surface area contributed by atoms with Crippen LogP contribution < -0.4 is 5.32 Å². The van der Waals surface area contributed by atoms with Gasteiger partial charge < -0.3 is 9.84 Å². The second-order valence-electron chi connectivity index (χ2n) is 7.72. The Morgan fingerprint density at radius 2 is 1.38 bits per heavy atom. The van der Waals surface area contributed by atoms with Gasteiger partial charge in [-0.15, -0.1) is 0 Å². The van der Waals surface area contributed by atoms with Gasteiger partial charge in [-0.2, -0.15) is 0 Å². The lowest BCUT2D eigenvalue weighted by Crippen LogP contribution is -2.29. The summed E-state index contributed by atoms with van der Waals surface area (Å²) in [6, 6.07) is 35.9. The van der Waals surface area contributed by atoms with E-state index in [2.05, 4.69) is 34.7 Å². The largest absolute Gasteiger partial charge is 0.356 e. The Morgan fingerprint density at radius 1 is 0.750 bits per heavy atom. The van der Waals surface area contributed by atoms with Gasteiger partial charge in [-0.3, -0.25) is 4.79 Å². The van der Waals surface area contributed by atoms with Crippen LogP contribution in [0.15, 0.2) is 114 Å². The van der Waals surface area contributed by atoms with Crippen LogP contribution in [-0.2, 0) is 11.3 Å². The summed E-state index contributed by atoms with van der Waals surface area (Å²) in [5.41, 5.74) is 3.54. The van der Waals surface area contributed by atoms with E-state index in [0.717, 1.165) is 22.1 Å². The first kappa shape index (κ1) is 19.8. The van der Waals surface area contributed by atoms with E-state index in [1.54, 1.807) is 0 Å². The van der Waals surface area contributed by atoms with Gasteiger partial charge in [0.2, 0.25) is 5.91 Å². The van der Waals surface area contributed by atoms with Gasteiger partial charge in [0.1, 0.15) is 5.69 Å². The van der Waals surface area contributed by atoms with Crippen molar-refractivity contribution in [3.63, 3.8) is 0 Å². The maximum atomic E-state index is 13.2. The number of hydrogen-bond acceptors (Lipinski definition) is 3. The number of hydrogen-bond donors (Lipinski definition) is 1. The Balaban J connectivity index is 1.33. The highest BCUT2D eigenvalue weighted by Crippen LogP contribution is 2.26. The lowest BCUT2D eigenvalue weighted by molar-refractivity contribution is -0.121. The molecule has 5 aromatic rings. The maximum Gasteiger partial charge on any atom is 0.232 e. The Bertz CT molecular complexity index is 1300. The van der Waals surface area contributed by atoms with E-state index in [1.165, 1.54) is 5.39 Å². The van der Waals surface area contributed by atoms with Gasteiger partial charge in [0.05, 0.1) is 12.5 Å². The van der Waals surface area contributed by atoms with Crippen molar-refractivity contribution in [2.24, 2.45) is 0 Å². The third kappa shape index (κ3) is 4.16. The Kier molecular flexibility index (Phi) is 5.50. The minimum Gasteiger partial charge on any atom is -0.356 e. The highest BCUT2D eigenvalue weighted by Gasteiger charge is 2.22. The zero-order valence-electron chi connectivity index (χ0n) is 17.4.